The Labute approximate surface area is 165 Å². The van der Waals surface area contributed by atoms with Crippen molar-refractivity contribution in [2.45, 2.75) is 50.1 Å². The van der Waals surface area contributed by atoms with E-state index in [4.69, 9.17) is 9.84 Å². The Balaban J connectivity index is 1.21. The molecule has 4 rings (SSSR count). The van der Waals surface area contributed by atoms with Crippen molar-refractivity contribution in [2.75, 3.05) is 31.6 Å². The molecule has 7 heteroatoms. The van der Waals surface area contributed by atoms with Gasteiger partial charge in [0.2, 0.25) is 0 Å². The van der Waals surface area contributed by atoms with Crippen LogP contribution in [0.25, 0.3) is 0 Å². The van der Waals surface area contributed by atoms with Crippen LogP contribution in [0, 0.1) is 5.92 Å². The lowest BCUT2D eigenvalue weighted by Gasteiger charge is -2.42. The van der Waals surface area contributed by atoms with Crippen molar-refractivity contribution < 1.29 is 19.4 Å². The quantitative estimate of drug-likeness (QED) is 0.638. The highest BCUT2D eigenvalue weighted by Gasteiger charge is 2.37. The second-order valence-electron chi connectivity index (χ2n) is 8.37. The zero-order chi connectivity index (χ0) is 19.5. The van der Waals surface area contributed by atoms with Crippen molar-refractivity contribution >= 4 is 17.7 Å². The molecule has 1 aromatic rings. The van der Waals surface area contributed by atoms with Crippen molar-refractivity contribution in [3.63, 3.8) is 0 Å². The van der Waals surface area contributed by atoms with Crippen LogP contribution in [0.4, 0.5) is 10.5 Å². The van der Waals surface area contributed by atoms with E-state index in [0.717, 1.165) is 44.7 Å². The maximum absolute atomic E-state index is 12.2. The zero-order valence-electron chi connectivity index (χ0n) is 16.1. The number of carboxylic acid groups (broad SMARTS) is 1. The summed E-state index contributed by atoms with van der Waals surface area (Å²) in [6.07, 6.45) is 5.09. The largest absolute Gasteiger partial charge is 0.480 e. The second-order valence-corrected chi connectivity index (χ2v) is 8.37. The Hall–Kier alpha value is -2.12. The average molecular weight is 387 g/mol. The molecule has 3 aliphatic rings. The minimum Gasteiger partial charge on any atom is -0.480 e. The molecule has 7 nitrogen and oxygen atoms in total. The van der Waals surface area contributed by atoms with Gasteiger partial charge < -0.3 is 20.5 Å². The van der Waals surface area contributed by atoms with Gasteiger partial charge in [-0.3, -0.25) is 9.69 Å². The predicted molar refractivity (Wildman–Crippen MR) is 106 cm³/mol. The van der Waals surface area contributed by atoms with Gasteiger partial charge in [-0.05, 0) is 55.7 Å². The number of carboxylic acids is 1. The van der Waals surface area contributed by atoms with Crippen LogP contribution in [0.1, 0.15) is 43.6 Å². The van der Waals surface area contributed by atoms with Gasteiger partial charge in [0, 0.05) is 36.8 Å². The van der Waals surface area contributed by atoms with Gasteiger partial charge >= 0.3 is 12.0 Å². The van der Waals surface area contributed by atoms with E-state index in [1.54, 1.807) is 0 Å². The van der Waals surface area contributed by atoms with Crippen molar-refractivity contribution in [3.8, 4) is 0 Å². The fourth-order valence-electron chi connectivity index (χ4n) is 4.14. The number of rotatable bonds is 8. The summed E-state index contributed by atoms with van der Waals surface area (Å²) in [7, 11) is 0. The van der Waals surface area contributed by atoms with E-state index in [0.29, 0.717) is 11.8 Å². The fourth-order valence-corrected chi connectivity index (χ4v) is 4.14. The third-order valence-electron chi connectivity index (χ3n) is 6.06. The van der Waals surface area contributed by atoms with Gasteiger partial charge in [-0.25, -0.2) is 4.79 Å². The van der Waals surface area contributed by atoms with E-state index in [2.05, 4.69) is 27.7 Å². The van der Waals surface area contributed by atoms with E-state index in [9.17, 15) is 9.59 Å². The van der Waals surface area contributed by atoms with Crippen molar-refractivity contribution in [1.29, 1.82) is 0 Å². The van der Waals surface area contributed by atoms with E-state index in [-0.39, 0.29) is 24.7 Å². The van der Waals surface area contributed by atoms with E-state index in [1.807, 2.05) is 12.1 Å². The lowest BCUT2D eigenvalue weighted by atomic mass is 9.85. The van der Waals surface area contributed by atoms with Crippen LogP contribution in [0.2, 0.25) is 0 Å². The highest BCUT2D eigenvalue weighted by atomic mass is 16.5. The predicted octanol–water partition coefficient (Wildman–Crippen LogP) is 2.64. The number of benzene rings is 1. The number of anilines is 1. The number of amides is 2. The Morgan fingerprint density at radius 1 is 1.14 bits per heavy atom. The molecule has 1 heterocycles. The number of nitrogens with one attached hydrogen (secondary N) is 2. The van der Waals surface area contributed by atoms with Gasteiger partial charge in [0.1, 0.15) is 0 Å². The molecular weight excluding hydrogens is 358 g/mol. The highest BCUT2D eigenvalue weighted by molar-refractivity contribution is 5.89. The number of nitrogens with zero attached hydrogens (tertiary/aromatic N) is 1. The van der Waals surface area contributed by atoms with Gasteiger partial charge in [-0.1, -0.05) is 12.1 Å². The van der Waals surface area contributed by atoms with Gasteiger partial charge in [-0.2, -0.15) is 0 Å². The summed E-state index contributed by atoms with van der Waals surface area (Å²) in [4.78, 5) is 25.4. The molecule has 0 aromatic heterocycles. The number of hydrogen-bond acceptors (Lipinski definition) is 4. The summed E-state index contributed by atoms with van der Waals surface area (Å²) in [5.74, 6) is 0.343. The van der Waals surface area contributed by atoms with E-state index < -0.39 is 5.97 Å². The molecule has 1 aliphatic heterocycles. The zero-order valence-corrected chi connectivity index (χ0v) is 16.1. The molecule has 28 heavy (non-hydrogen) atoms. The summed E-state index contributed by atoms with van der Waals surface area (Å²) in [6, 6.07) is 8.13. The first-order chi connectivity index (χ1) is 13.6. The molecule has 1 saturated heterocycles. The van der Waals surface area contributed by atoms with Crippen LogP contribution < -0.4 is 10.6 Å². The molecule has 2 amide bonds. The number of ether oxygens (including phenoxy) is 1. The average Bonchev–Trinajstić information content (AvgIpc) is 3.27. The molecule has 3 N–H and O–H groups in total. The number of hydrogen-bond donors (Lipinski definition) is 3. The normalized spacial score (nSPS) is 26.7. The number of urea groups is 1. The Kier molecular flexibility index (Phi) is 5.82. The van der Waals surface area contributed by atoms with Crippen molar-refractivity contribution in [3.05, 3.63) is 29.8 Å². The Morgan fingerprint density at radius 3 is 2.50 bits per heavy atom. The maximum atomic E-state index is 12.2. The van der Waals surface area contributed by atoms with E-state index in [1.165, 1.54) is 18.4 Å². The molecule has 1 atom stereocenters. The Morgan fingerprint density at radius 2 is 1.89 bits per heavy atom. The van der Waals surface area contributed by atoms with Gasteiger partial charge in [0.05, 0.1) is 13.2 Å². The minimum atomic E-state index is -0.776. The minimum absolute atomic E-state index is 0.0957. The second kappa shape index (κ2) is 8.49. The topological polar surface area (TPSA) is 90.9 Å². The van der Waals surface area contributed by atoms with Gasteiger partial charge in [-0.15, -0.1) is 0 Å². The summed E-state index contributed by atoms with van der Waals surface area (Å²) in [5, 5.41) is 15.0. The molecule has 2 aliphatic carbocycles. The first-order valence-corrected chi connectivity index (χ1v) is 10.3. The van der Waals surface area contributed by atoms with E-state index >= 15 is 0 Å². The molecule has 0 spiro atoms. The summed E-state index contributed by atoms with van der Waals surface area (Å²) in [5.41, 5.74) is 2.02. The number of aliphatic carboxylic acids is 1. The molecule has 152 valence electrons. The SMILES string of the molecule is O=C(O)CN(CC1CC1)C1CC(NC(=O)Nc2ccc(C3CCOC3)cc2)C1. The lowest BCUT2D eigenvalue weighted by molar-refractivity contribution is -0.139. The lowest BCUT2D eigenvalue weighted by Crippen LogP contribution is -2.55. The first kappa shape index (κ1) is 19.2. The van der Waals surface area contributed by atoms with Gasteiger partial charge in [0.25, 0.3) is 0 Å². The van der Waals surface area contributed by atoms with Crippen LogP contribution in [-0.4, -0.2) is 60.4 Å². The van der Waals surface area contributed by atoms with Gasteiger partial charge in [0.15, 0.2) is 0 Å². The summed E-state index contributed by atoms with van der Waals surface area (Å²) >= 11 is 0. The smallest absolute Gasteiger partial charge is 0.319 e. The van der Waals surface area contributed by atoms with Crippen LogP contribution in [0.15, 0.2) is 24.3 Å². The Bertz CT molecular complexity index is 692. The molecule has 2 saturated carbocycles. The van der Waals surface area contributed by atoms with Crippen LogP contribution in [-0.2, 0) is 9.53 Å². The summed E-state index contributed by atoms with van der Waals surface area (Å²) < 4.78 is 5.42. The summed E-state index contributed by atoms with van der Waals surface area (Å²) in [6.45, 7) is 2.56. The van der Waals surface area contributed by atoms with Crippen LogP contribution >= 0.6 is 0 Å². The van der Waals surface area contributed by atoms with Crippen molar-refractivity contribution in [1.82, 2.24) is 10.2 Å². The van der Waals surface area contributed by atoms with Crippen LogP contribution in [0.3, 0.4) is 0 Å². The number of carbonyl (C=O) groups is 2. The molecule has 0 radical (unpaired) electrons. The number of carbonyl (C=O) groups excluding carboxylic acids is 1. The molecule has 1 unspecified atom stereocenters. The third kappa shape index (κ3) is 5.02. The molecule has 3 fully saturated rings. The third-order valence-corrected chi connectivity index (χ3v) is 6.06. The van der Waals surface area contributed by atoms with Crippen molar-refractivity contribution in [2.24, 2.45) is 5.92 Å². The fraction of sp³-hybridized carbons (Fsp3) is 0.619. The highest BCUT2D eigenvalue weighted by Crippen LogP contribution is 2.33. The first-order valence-electron chi connectivity index (χ1n) is 10.3. The molecule has 0 bridgehead atoms. The van der Waals surface area contributed by atoms with Crippen LogP contribution in [0.5, 0.6) is 0 Å². The molecular formula is C21H29N3O4. The standard InChI is InChI=1S/C21H29N3O4/c25-20(26)12-24(11-14-1-2-14)19-9-18(10-19)23-21(27)22-17-5-3-15(4-6-17)16-7-8-28-13-16/h3-6,14,16,18-19H,1-2,7-13H2,(H,25,26)(H2,22,23,27). The molecule has 1 aromatic carbocycles. The maximum Gasteiger partial charge on any atom is 0.319 e. The monoisotopic (exact) mass is 387 g/mol.